The van der Waals surface area contributed by atoms with Gasteiger partial charge < -0.3 is 21.1 Å². The molecule has 3 aromatic carbocycles. The van der Waals surface area contributed by atoms with Crippen LogP contribution in [0.15, 0.2) is 66.7 Å². The number of aliphatic carboxylic acids is 1. The van der Waals surface area contributed by atoms with E-state index in [2.05, 4.69) is 5.32 Å². The number of carbonyl (C=O) groups is 3. The van der Waals surface area contributed by atoms with E-state index in [-0.39, 0.29) is 16.8 Å². The first-order valence-electron chi connectivity index (χ1n) is 9.53. The predicted octanol–water partition coefficient (Wildman–Crippen LogP) is 4.54. The van der Waals surface area contributed by atoms with Crippen LogP contribution in [0.3, 0.4) is 0 Å². The van der Waals surface area contributed by atoms with Crippen molar-refractivity contribution in [1.29, 1.82) is 0 Å². The molecule has 0 aromatic heterocycles. The van der Waals surface area contributed by atoms with Crippen LogP contribution in [0, 0.1) is 0 Å². The van der Waals surface area contributed by atoms with Gasteiger partial charge in [-0.1, -0.05) is 47.5 Å². The monoisotopic (exact) mass is 469 g/mol. The number of hydrogen-bond acceptors (Lipinski definition) is 4. The topological polar surface area (TPSA) is 113 Å². The summed E-state index contributed by atoms with van der Waals surface area (Å²) in [5.41, 5.74) is 7.20. The van der Waals surface area contributed by atoms with Gasteiger partial charge in [0.1, 0.15) is 6.04 Å². The molecule has 2 amide bonds. The summed E-state index contributed by atoms with van der Waals surface area (Å²) >= 11 is 12.0. The minimum absolute atomic E-state index is 0.0926. The molecule has 1 heterocycles. The lowest BCUT2D eigenvalue weighted by molar-refractivity contribution is -0.144. The van der Waals surface area contributed by atoms with Crippen molar-refractivity contribution in [2.24, 2.45) is 0 Å². The van der Waals surface area contributed by atoms with Gasteiger partial charge in [-0.25, -0.2) is 4.79 Å². The number of amides is 2. The third-order valence-electron chi connectivity index (χ3n) is 5.18. The molecule has 0 saturated carbocycles. The average Bonchev–Trinajstić information content (AvgIpc) is 2.85. The van der Waals surface area contributed by atoms with Gasteiger partial charge in [-0.3, -0.25) is 9.59 Å². The zero-order chi connectivity index (χ0) is 23.0. The highest BCUT2D eigenvalue weighted by molar-refractivity contribution is 6.30. The summed E-state index contributed by atoms with van der Waals surface area (Å²) in [6.07, 6.45) is 0. The Hall–Kier alpha value is -3.55. The van der Waals surface area contributed by atoms with Gasteiger partial charge >= 0.3 is 5.97 Å². The first-order valence-corrected chi connectivity index (χ1v) is 10.3. The molecule has 7 nitrogen and oxygen atoms in total. The number of nitrogens with one attached hydrogen (secondary N) is 1. The molecule has 4 N–H and O–H groups in total. The number of benzene rings is 3. The molecule has 1 aliphatic heterocycles. The van der Waals surface area contributed by atoms with Crippen LogP contribution in [-0.4, -0.2) is 27.8 Å². The van der Waals surface area contributed by atoms with Crippen molar-refractivity contribution in [3.63, 3.8) is 0 Å². The molecule has 0 fully saturated rings. The van der Waals surface area contributed by atoms with Gasteiger partial charge in [-0.05, 0) is 53.6 Å². The number of carboxylic acids is 1. The van der Waals surface area contributed by atoms with Crippen LogP contribution in [0.5, 0.6) is 0 Å². The molecule has 162 valence electrons. The fourth-order valence-electron chi connectivity index (χ4n) is 3.72. The van der Waals surface area contributed by atoms with Crippen molar-refractivity contribution < 1.29 is 19.5 Å². The standard InChI is InChI=1S/C23H17Cl2N3O4/c24-14-5-1-12(2-6-14)19-21(29)27-18-10-9-16(26)11-17(18)22(30)28(19)20(23(31)32)13-3-7-15(25)8-4-13/h1-11,19-20H,26H2,(H,27,29)(H,31,32). The van der Waals surface area contributed by atoms with E-state index >= 15 is 0 Å². The lowest BCUT2D eigenvalue weighted by Gasteiger charge is -2.34. The van der Waals surface area contributed by atoms with Crippen LogP contribution in [0.25, 0.3) is 0 Å². The van der Waals surface area contributed by atoms with Crippen LogP contribution in [0.2, 0.25) is 10.0 Å². The average molecular weight is 470 g/mol. The Morgan fingerprint density at radius 3 is 2.16 bits per heavy atom. The molecule has 9 heteroatoms. The Kier molecular flexibility index (Phi) is 5.78. The SMILES string of the molecule is Nc1ccc2c(c1)C(=O)N(C(C(=O)O)c1ccc(Cl)cc1)C(c1ccc(Cl)cc1)C(=O)N2. The fourth-order valence-corrected chi connectivity index (χ4v) is 3.97. The van der Waals surface area contributed by atoms with Gasteiger partial charge in [0.05, 0.1) is 11.3 Å². The van der Waals surface area contributed by atoms with Gasteiger partial charge in [0.25, 0.3) is 11.8 Å². The lowest BCUT2D eigenvalue weighted by atomic mass is 9.97. The van der Waals surface area contributed by atoms with Crippen LogP contribution < -0.4 is 11.1 Å². The first-order chi connectivity index (χ1) is 15.3. The Bertz CT molecular complexity index is 1210. The van der Waals surface area contributed by atoms with Gasteiger partial charge in [0, 0.05) is 15.7 Å². The third kappa shape index (κ3) is 4.00. The molecule has 0 bridgehead atoms. The highest BCUT2D eigenvalue weighted by Gasteiger charge is 2.43. The molecule has 0 spiro atoms. The Morgan fingerprint density at radius 1 is 0.969 bits per heavy atom. The maximum absolute atomic E-state index is 13.7. The number of anilines is 2. The molecule has 32 heavy (non-hydrogen) atoms. The van der Waals surface area contributed by atoms with Gasteiger partial charge in [0.15, 0.2) is 6.04 Å². The van der Waals surface area contributed by atoms with E-state index < -0.39 is 29.9 Å². The molecular formula is C23H17Cl2N3O4. The lowest BCUT2D eigenvalue weighted by Crippen LogP contribution is -2.44. The molecular weight excluding hydrogens is 453 g/mol. The van der Waals surface area contributed by atoms with Crippen molar-refractivity contribution in [1.82, 2.24) is 4.90 Å². The summed E-state index contributed by atoms with van der Waals surface area (Å²) in [6.45, 7) is 0. The van der Waals surface area contributed by atoms with E-state index in [0.717, 1.165) is 4.90 Å². The number of fused-ring (bicyclic) bond motifs is 1. The minimum Gasteiger partial charge on any atom is -0.479 e. The number of carboxylic acid groups (broad SMARTS) is 1. The molecule has 2 atom stereocenters. The quantitative estimate of drug-likeness (QED) is 0.485. The van der Waals surface area contributed by atoms with E-state index in [4.69, 9.17) is 28.9 Å². The number of carbonyl (C=O) groups excluding carboxylic acids is 2. The molecule has 0 aliphatic carbocycles. The first kappa shape index (κ1) is 21.7. The maximum atomic E-state index is 13.7. The van der Waals surface area contributed by atoms with E-state index in [1.54, 1.807) is 30.3 Å². The third-order valence-corrected chi connectivity index (χ3v) is 5.68. The highest BCUT2D eigenvalue weighted by atomic mass is 35.5. The zero-order valence-corrected chi connectivity index (χ0v) is 18.0. The number of rotatable bonds is 4. The van der Waals surface area contributed by atoms with Crippen molar-refractivity contribution in [3.8, 4) is 0 Å². The van der Waals surface area contributed by atoms with Gasteiger partial charge in [-0.2, -0.15) is 0 Å². The second-order valence-electron chi connectivity index (χ2n) is 7.25. The van der Waals surface area contributed by atoms with Gasteiger partial charge in [-0.15, -0.1) is 0 Å². The minimum atomic E-state index is -1.47. The van der Waals surface area contributed by atoms with E-state index in [1.165, 1.54) is 36.4 Å². The smallest absolute Gasteiger partial charge is 0.331 e. The van der Waals surface area contributed by atoms with Crippen LogP contribution >= 0.6 is 23.2 Å². The number of nitrogens with two attached hydrogens (primary N) is 1. The summed E-state index contributed by atoms with van der Waals surface area (Å²) < 4.78 is 0. The summed E-state index contributed by atoms with van der Waals surface area (Å²) in [5, 5.41) is 13.7. The number of nitrogens with zero attached hydrogens (tertiary/aromatic N) is 1. The van der Waals surface area contributed by atoms with Crippen LogP contribution in [0.4, 0.5) is 11.4 Å². The summed E-state index contributed by atoms with van der Waals surface area (Å²) in [5.74, 6) is -2.53. The van der Waals surface area contributed by atoms with Crippen LogP contribution in [0.1, 0.15) is 33.6 Å². The fraction of sp³-hybridized carbons (Fsp3) is 0.0870. The molecule has 4 rings (SSSR count). The number of hydrogen-bond donors (Lipinski definition) is 3. The van der Waals surface area contributed by atoms with E-state index in [9.17, 15) is 19.5 Å². The number of nitrogen functional groups attached to an aromatic ring is 1. The van der Waals surface area contributed by atoms with Crippen molar-refractivity contribution in [3.05, 3.63) is 93.5 Å². The Balaban J connectivity index is 1.95. The number of halogens is 2. The van der Waals surface area contributed by atoms with E-state index in [1.807, 2.05) is 0 Å². The largest absolute Gasteiger partial charge is 0.479 e. The molecule has 3 aromatic rings. The predicted molar refractivity (Wildman–Crippen MR) is 122 cm³/mol. The zero-order valence-electron chi connectivity index (χ0n) is 16.5. The van der Waals surface area contributed by atoms with Crippen molar-refractivity contribution in [2.75, 3.05) is 11.1 Å². The Labute approximate surface area is 193 Å². The second-order valence-corrected chi connectivity index (χ2v) is 8.13. The molecule has 0 saturated heterocycles. The van der Waals surface area contributed by atoms with E-state index in [0.29, 0.717) is 21.3 Å². The summed E-state index contributed by atoms with van der Waals surface area (Å²) in [6, 6.07) is 14.1. The highest BCUT2D eigenvalue weighted by Crippen LogP contribution is 2.38. The van der Waals surface area contributed by atoms with Crippen molar-refractivity contribution >= 4 is 52.4 Å². The second kappa shape index (κ2) is 8.53. The Morgan fingerprint density at radius 2 is 1.56 bits per heavy atom. The molecule has 2 unspecified atom stereocenters. The van der Waals surface area contributed by atoms with Crippen molar-refractivity contribution in [2.45, 2.75) is 12.1 Å². The molecule has 0 radical (unpaired) electrons. The summed E-state index contributed by atoms with van der Waals surface area (Å²) in [4.78, 5) is 40.6. The summed E-state index contributed by atoms with van der Waals surface area (Å²) in [7, 11) is 0. The van der Waals surface area contributed by atoms with Crippen LogP contribution in [-0.2, 0) is 9.59 Å². The van der Waals surface area contributed by atoms with Gasteiger partial charge in [0.2, 0.25) is 0 Å². The molecule has 1 aliphatic rings. The maximum Gasteiger partial charge on any atom is 0.331 e. The normalized spacial score (nSPS) is 16.7.